The molecule has 242 valence electrons. The Bertz CT molecular complexity index is 2510. The lowest BCUT2D eigenvalue weighted by Crippen LogP contribution is -2.11. The first kappa shape index (κ1) is 31.1. The molecule has 0 fully saturated rings. The Labute approximate surface area is 290 Å². The van der Waals surface area contributed by atoms with E-state index in [4.69, 9.17) is 0 Å². The number of aromatic nitrogens is 1. The second-order valence-electron chi connectivity index (χ2n) is 16.0. The van der Waals surface area contributed by atoms with Crippen LogP contribution in [0.4, 0.5) is 0 Å². The molecule has 0 amide bonds. The molecule has 0 aliphatic rings. The van der Waals surface area contributed by atoms with E-state index in [1.807, 2.05) is 0 Å². The maximum Gasteiger partial charge on any atom is 0.0541 e. The average Bonchev–Trinajstić information content (AvgIpc) is 3.41. The van der Waals surface area contributed by atoms with Gasteiger partial charge >= 0.3 is 0 Å². The minimum absolute atomic E-state index is 0.0316. The van der Waals surface area contributed by atoms with Crippen LogP contribution < -0.4 is 0 Å². The Morgan fingerprint density at radius 2 is 0.898 bits per heavy atom. The van der Waals surface area contributed by atoms with Crippen LogP contribution >= 0.6 is 0 Å². The van der Waals surface area contributed by atoms with E-state index < -0.39 is 0 Å². The number of aryl methyl sites for hydroxylation is 2. The Morgan fingerprint density at radius 3 is 1.47 bits per heavy atom. The monoisotopic (exact) mass is 635 g/mol. The first-order valence-electron chi connectivity index (χ1n) is 17.6. The highest BCUT2D eigenvalue weighted by atomic mass is 15.0. The summed E-state index contributed by atoms with van der Waals surface area (Å²) in [6.07, 6.45) is 0. The van der Waals surface area contributed by atoms with E-state index in [1.54, 1.807) is 0 Å². The van der Waals surface area contributed by atoms with E-state index in [1.165, 1.54) is 93.5 Å². The zero-order valence-electron chi connectivity index (χ0n) is 30.1. The Kier molecular flexibility index (Phi) is 7.12. The van der Waals surface area contributed by atoms with E-state index in [2.05, 4.69) is 187 Å². The van der Waals surface area contributed by atoms with Crippen molar-refractivity contribution in [3.63, 3.8) is 0 Å². The molecule has 8 aromatic rings. The van der Waals surface area contributed by atoms with Gasteiger partial charge in [0.1, 0.15) is 0 Å². The molecule has 49 heavy (non-hydrogen) atoms. The van der Waals surface area contributed by atoms with Crippen LogP contribution in [0.3, 0.4) is 0 Å². The highest BCUT2D eigenvalue weighted by Crippen LogP contribution is 2.46. The summed E-state index contributed by atoms with van der Waals surface area (Å²) < 4.78 is 2.45. The quantitative estimate of drug-likeness (QED) is 0.170. The predicted octanol–water partition coefficient (Wildman–Crippen LogP) is 13.6. The molecule has 1 nitrogen and oxygen atoms in total. The molecule has 0 spiro atoms. The van der Waals surface area contributed by atoms with Crippen LogP contribution in [-0.2, 0) is 10.8 Å². The van der Waals surface area contributed by atoms with Crippen molar-refractivity contribution in [2.75, 3.05) is 0 Å². The van der Waals surface area contributed by atoms with E-state index in [9.17, 15) is 0 Å². The molecular weight excluding hydrogens is 591 g/mol. The van der Waals surface area contributed by atoms with Gasteiger partial charge in [0.2, 0.25) is 0 Å². The maximum absolute atomic E-state index is 2.47. The van der Waals surface area contributed by atoms with Gasteiger partial charge in [-0.2, -0.15) is 0 Å². The van der Waals surface area contributed by atoms with Crippen molar-refractivity contribution in [1.29, 1.82) is 0 Å². The lowest BCUT2D eigenvalue weighted by molar-refractivity contribution is 0.590. The van der Waals surface area contributed by atoms with E-state index in [0.717, 1.165) is 0 Å². The number of fused-ring (bicyclic) bond motifs is 5. The molecule has 0 saturated carbocycles. The van der Waals surface area contributed by atoms with E-state index in [0.29, 0.717) is 0 Å². The molecule has 0 aliphatic heterocycles. The standard InChI is InChI=1S/C48H45N/c1-30-28-44(49-42-19-13-11-15-35(42)36-16-12-14-20-43(36)49)31(2)27-40(30)46-38-18-10-9-17-37(38)45(32-21-23-33(24-22-32)47(3,4)5)41-29-34(48(6,7)8)25-26-39(41)46/h9-29H,1-8H3. The first-order valence-corrected chi connectivity index (χ1v) is 17.6. The summed E-state index contributed by atoms with van der Waals surface area (Å²) in [7, 11) is 0. The van der Waals surface area contributed by atoms with Crippen LogP contribution in [0.1, 0.15) is 63.8 Å². The normalized spacial score (nSPS) is 12.5. The highest BCUT2D eigenvalue weighted by molar-refractivity contribution is 6.22. The van der Waals surface area contributed by atoms with Gasteiger partial charge in [0, 0.05) is 16.5 Å². The van der Waals surface area contributed by atoms with Crippen LogP contribution in [0.2, 0.25) is 0 Å². The summed E-state index contributed by atoms with van der Waals surface area (Å²) in [4.78, 5) is 0. The van der Waals surface area contributed by atoms with Crippen LogP contribution in [0.15, 0.2) is 127 Å². The summed E-state index contributed by atoms with van der Waals surface area (Å²) in [5.74, 6) is 0. The molecular formula is C48H45N. The number of benzene rings is 7. The molecule has 8 rings (SSSR count). The number of hydrogen-bond acceptors (Lipinski definition) is 0. The summed E-state index contributed by atoms with van der Waals surface area (Å²) in [6, 6.07) is 48.0. The largest absolute Gasteiger partial charge is 0.309 e. The molecule has 1 heteroatoms. The molecule has 0 aliphatic carbocycles. The predicted molar refractivity (Wildman–Crippen MR) is 214 cm³/mol. The minimum Gasteiger partial charge on any atom is -0.309 e. The van der Waals surface area contributed by atoms with Gasteiger partial charge in [-0.3, -0.25) is 0 Å². The Balaban J connectivity index is 1.43. The van der Waals surface area contributed by atoms with Crippen LogP contribution in [0.25, 0.3) is 71.3 Å². The SMILES string of the molecule is Cc1cc(-n2c3ccccc3c3ccccc32)c(C)cc1-c1c2ccccc2c(-c2ccc(C(C)(C)C)cc2)c2cc(C(C)(C)C)ccc12. The fourth-order valence-electron chi connectivity index (χ4n) is 7.88. The van der Waals surface area contributed by atoms with Gasteiger partial charge in [-0.15, -0.1) is 0 Å². The fraction of sp³-hybridized carbons (Fsp3) is 0.208. The Morgan fingerprint density at radius 1 is 0.408 bits per heavy atom. The molecule has 7 aromatic carbocycles. The summed E-state index contributed by atoms with van der Waals surface area (Å²) in [5.41, 5.74) is 14.3. The van der Waals surface area contributed by atoms with Crippen LogP contribution in [0, 0.1) is 13.8 Å². The third kappa shape index (κ3) is 5.06. The van der Waals surface area contributed by atoms with Crippen molar-refractivity contribution in [3.8, 4) is 27.9 Å². The van der Waals surface area contributed by atoms with Gasteiger partial charge in [-0.25, -0.2) is 0 Å². The summed E-state index contributed by atoms with van der Waals surface area (Å²) >= 11 is 0. The lowest BCUT2D eigenvalue weighted by Gasteiger charge is -2.24. The number of para-hydroxylation sites is 2. The maximum atomic E-state index is 2.47. The molecule has 0 N–H and O–H groups in total. The van der Waals surface area contributed by atoms with Gasteiger partial charge in [0.05, 0.1) is 11.0 Å². The number of hydrogen-bond donors (Lipinski definition) is 0. The molecule has 0 atom stereocenters. The first-order chi connectivity index (χ1) is 23.4. The van der Waals surface area contributed by atoms with Gasteiger partial charge in [-0.1, -0.05) is 139 Å². The van der Waals surface area contributed by atoms with E-state index >= 15 is 0 Å². The van der Waals surface area contributed by atoms with Crippen molar-refractivity contribution in [1.82, 2.24) is 4.57 Å². The highest BCUT2D eigenvalue weighted by Gasteiger charge is 2.23. The third-order valence-electron chi connectivity index (χ3n) is 10.6. The van der Waals surface area contributed by atoms with Crippen LogP contribution in [0.5, 0.6) is 0 Å². The molecule has 1 heterocycles. The fourth-order valence-corrected chi connectivity index (χ4v) is 7.88. The van der Waals surface area contributed by atoms with Gasteiger partial charge < -0.3 is 4.57 Å². The number of rotatable bonds is 3. The van der Waals surface area contributed by atoms with Gasteiger partial charge in [0.15, 0.2) is 0 Å². The van der Waals surface area contributed by atoms with Crippen molar-refractivity contribution >= 4 is 43.4 Å². The summed E-state index contributed by atoms with van der Waals surface area (Å²) in [5, 5.41) is 7.78. The molecule has 0 bridgehead atoms. The minimum atomic E-state index is 0.0316. The zero-order chi connectivity index (χ0) is 34.2. The molecule has 0 unspecified atom stereocenters. The van der Waals surface area contributed by atoms with E-state index in [-0.39, 0.29) is 10.8 Å². The smallest absolute Gasteiger partial charge is 0.0541 e. The Hall–Kier alpha value is -5.14. The second-order valence-corrected chi connectivity index (χ2v) is 16.0. The van der Waals surface area contributed by atoms with Crippen LogP contribution in [-0.4, -0.2) is 4.57 Å². The molecule has 1 aromatic heterocycles. The second kappa shape index (κ2) is 11.2. The van der Waals surface area contributed by atoms with Crippen molar-refractivity contribution < 1.29 is 0 Å². The summed E-state index contributed by atoms with van der Waals surface area (Å²) in [6.45, 7) is 18.4. The lowest BCUT2D eigenvalue weighted by atomic mass is 9.80. The van der Waals surface area contributed by atoms with Crippen molar-refractivity contribution in [2.45, 2.75) is 66.2 Å². The number of nitrogens with zero attached hydrogens (tertiary/aromatic N) is 1. The zero-order valence-corrected chi connectivity index (χ0v) is 30.1. The topological polar surface area (TPSA) is 4.93 Å². The van der Waals surface area contributed by atoms with Crippen molar-refractivity contribution in [3.05, 3.63) is 150 Å². The van der Waals surface area contributed by atoms with Gasteiger partial charge in [0.25, 0.3) is 0 Å². The van der Waals surface area contributed by atoms with Gasteiger partial charge in [-0.05, 0) is 121 Å². The molecule has 0 saturated heterocycles. The van der Waals surface area contributed by atoms with Crippen molar-refractivity contribution in [2.24, 2.45) is 0 Å². The third-order valence-corrected chi connectivity index (χ3v) is 10.6. The average molecular weight is 636 g/mol. The molecule has 0 radical (unpaired) electrons.